The minimum atomic E-state index is 0.0895. The number of hydrogen-bond donors (Lipinski definition) is 2. The van der Waals surface area contributed by atoms with Crippen molar-refractivity contribution in [3.63, 3.8) is 0 Å². The maximum Gasteiger partial charge on any atom is 0.0613 e. The molecular formula is C12H25NO. The predicted octanol–water partition coefficient (Wildman–Crippen LogP) is 2.46. The number of hydrogen-bond acceptors (Lipinski definition) is 2. The molecule has 2 nitrogen and oxygen atoms in total. The molecule has 1 fully saturated rings. The van der Waals surface area contributed by atoms with Gasteiger partial charge in [-0.2, -0.15) is 0 Å². The van der Waals surface area contributed by atoms with Crippen LogP contribution in [0.15, 0.2) is 0 Å². The van der Waals surface area contributed by atoms with Crippen molar-refractivity contribution in [3.8, 4) is 0 Å². The highest BCUT2D eigenvalue weighted by Crippen LogP contribution is 2.25. The molecule has 0 aliphatic carbocycles. The summed E-state index contributed by atoms with van der Waals surface area (Å²) in [6.45, 7) is 3.66. The second-order valence-corrected chi connectivity index (χ2v) is 4.63. The molecule has 2 heteroatoms. The van der Waals surface area contributed by atoms with E-state index in [4.69, 9.17) is 0 Å². The molecule has 1 aliphatic rings. The maximum atomic E-state index is 9.36. The van der Waals surface area contributed by atoms with Gasteiger partial charge in [0, 0.05) is 5.54 Å². The fourth-order valence-electron chi connectivity index (χ4n) is 2.36. The summed E-state index contributed by atoms with van der Waals surface area (Å²) in [5.41, 5.74) is 0.0895. The van der Waals surface area contributed by atoms with Gasteiger partial charge in [-0.05, 0) is 25.8 Å². The van der Waals surface area contributed by atoms with Gasteiger partial charge < -0.3 is 10.4 Å². The van der Waals surface area contributed by atoms with Gasteiger partial charge in [-0.1, -0.05) is 39.0 Å². The molecule has 1 atom stereocenters. The largest absolute Gasteiger partial charge is 0.394 e. The fraction of sp³-hybridized carbons (Fsp3) is 1.00. The fourth-order valence-corrected chi connectivity index (χ4v) is 2.36. The van der Waals surface area contributed by atoms with E-state index in [9.17, 15) is 5.11 Å². The molecule has 84 valence electrons. The van der Waals surface area contributed by atoms with E-state index in [-0.39, 0.29) is 5.54 Å². The Morgan fingerprint density at radius 3 is 2.57 bits per heavy atom. The van der Waals surface area contributed by atoms with Crippen molar-refractivity contribution in [2.45, 2.75) is 63.8 Å². The van der Waals surface area contributed by atoms with E-state index in [2.05, 4.69) is 12.2 Å². The van der Waals surface area contributed by atoms with Gasteiger partial charge in [-0.15, -0.1) is 0 Å². The van der Waals surface area contributed by atoms with Crippen molar-refractivity contribution >= 4 is 0 Å². The summed E-state index contributed by atoms with van der Waals surface area (Å²) in [6.07, 6.45) is 10.2. The third-order valence-corrected chi connectivity index (χ3v) is 3.39. The number of aliphatic hydroxyl groups excluding tert-OH is 1. The van der Waals surface area contributed by atoms with Gasteiger partial charge in [0.1, 0.15) is 0 Å². The van der Waals surface area contributed by atoms with Crippen LogP contribution in [0.25, 0.3) is 0 Å². The highest BCUT2D eigenvalue weighted by molar-refractivity contribution is 4.92. The van der Waals surface area contributed by atoms with Crippen LogP contribution in [0, 0.1) is 0 Å². The molecule has 1 heterocycles. The van der Waals surface area contributed by atoms with Gasteiger partial charge in [0.25, 0.3) is 0 Å². The Morgan fingerprint density at radius 1 is 1.21 bits per heavy atom. The smallest absolute Gasteiger partial charge is 0.0613 e. The Hall–Kier alpha value is -0.0800. The average molecular weight is 199 g/mol. The van der Waals surface area contributed by atoms with Gasteiger partial charge >= 0.3 is 0 Å². The quantitative estimate of drug-likeness (QED) is 0.617. The molecule has 0 bridgehead atoms. The first-order valence-electron chi connectivity index (χ1n) is 6.19. The van der Waals surface area contributed by atoms with Crippen LogP contribution in [0.1, 0.15) is 58.3 Å². The zero-order valence-corrected chi connectivity index (χ0v) is 9.52. The summed E-state index contributed by atoms with van der Waals surface area (Å²) in [7, 11) is 0. The molecule has 2 N–H and O–H groups in total. The Balaban J connectivity index is 2.08. The third kappa shape index (κ3) is 3.58. The molecular weight excluding hydrogens is 174 g/mol. The number of rotatable bonds is 7. The van der Waals surface area contributed by atoms with Crippen LogP contribution in [0.2, 0.25) is 0 Å². The summed E-state index contributed by atoms with van der Waals surface area (Å²) in [4.78, 5) is 0. The number of nitrogens with one attached hydrogen (secondary N) is 1. The van der Waals surface area contributed by atoms with Gasteiger partial charge in [0.15, 0.2) is 0 Å². The number of unbranched alkanes of at least 4 members (excludes halogenated alkanes) is 4. The van der Waals surface area contributed by atoms with E-state index in [1.54, 1.807) is 0 Å². The molecule has 0 spiro atoms. The Morgan fingerprint density at radius 2 is 2.00 bits per heavy atom. The van der Waals surface area contributed by atoms with Gasteiger partial charge in [0.05, 0.1) is 6.61 Å². The molecule has 0 aromatic carbocycles. The highest BCUT2D eigenvalue weighted by atomic mass is 16.3. The van der Waals surface area contributed by atoms with Gasteiger partial charge in [-0.3, -0.25) is 0 Å². The Kier molecular flexibility index (Phi) is 5.49. The molecule has 1 saturated heterocycles. The summed E-state index contributed by atoms with van der Waals surface area (Å²) < 4.78 is 0. The van der Waals surface area contributed by atoms with E-state index >= 15 is 0 Å². The minimum absolute atomic E-state index is 0.0895. The van der Waals surface area contributed by atoms with Crippen molar-refractivity contribution < 1.29 is 5.11 Å². The molecule has 14 heavy (non-hydrogen) atoms. The molecule has 1 aliphatic heterocycles. The van der Waals surface area contributed by atoms with Crippen molar-refractivity contribution in [1.29, 1.82) is 0 Å². The normalized spacial score (nSPS) is 27.0. The van der Waals surface area contributed by atoms with Gasteiger partial charge in [-0.25, -0.2) is 0 Å². The van der Waals surface area contributed by atoms with E-state index in [0.717, 1.165) is 19.4 Å². The monoisotopic (exact) mass is 199 g/mol. The summed E-state index contributed by atoms with van der Waals surface area (Å²) in [6, 6.07) is 0. The molecule has 0 saturated carbocycles. The predicted molar refractivity (Wildman–Crippen MR) is 60.4 cm³/mol. The van der Waals surface area contributed by atoms with Crippen LogP contribution in [-0.4, -0.2) is 23.8 Å². The first-order valence-corrected chi connectivity index (χ1v) is 6.19. The van der Waals surface area contributed by atoms with Crippen LogP contribution < -0.4 is 5.32 Å². The second-order valence-electron chi connectivity index (χ2n) is 4.63. The standard InChI is InChI=1S/C12H25NO/c1-2-3-4-5-6-8-12(11-14)9-7-10-13-12/h13-14H,2-11H2,1H3. The summed E-state index contributed by atoms with van der Waals surface area (Å²) in [5.74, 6) is 0. The van der Waals surface area contributed by atoms with Crippen molar-refractivity contribution in [2.24, 2.45) is 0 Å². The maximum absolute atomic E-state index is 9.36. The van der Waals surface area contributed by atoms with Crippen molar-refractivity contribution in [1.82, 2.24) is 5.32 Å². The molecule has 0 aromatic rings. The van der Waals surface area contributed by atoms with Crippen LogP contribution >= 0.6 is 0 Å². The number of aliphatic hydroxyl groups is 1. The lowest BCUT2D eigenvalue weighted by Gasteiger charge is -2.27. The SMILES string of the molecule is CCCCCCCC1(CO)CCCN1. The Bertz CT molecular complexity index is 141. The van der Waals surface area contributed by atoms with Crippen LogP contribution in [0.4, 0.5) is 0 Å². The van der Waals surface area contributed by atoms with Crippen molar-refractivity contribution in [3.05, 3.63) is 0 Å². The molecule has 0 amide bonds. The van der Waals surface area contributed by atoms with E-state index < -0.39 is 0 Å². The average Bonchev–Trinajstić information content (AvgIpc) is 2.67. The lowest BCUT2D eigenvalue weighted by Crippen LogP contribution is -2.43. The lowest BCUT2D eigenvalue weighted by molar-refractivity contribution is 0.165. The summed E-state index contributed by atoms with van der Waals surface area (Å²) in [5, 5.41) is 12.8. The molecule has 1 rings (SSSR count). The first-order chi connectivity index (χ1) is 6.83. The topological polar surface area (TPSA) is 32.3 Å². The summed E-state index contributed by atoms with van der Waals surface area (Å²) >= 11 is 0. The second kappa shape index (κ2) is 6.41. The first kappa shape index (κ1) is 12.0. The molecule has 1 unspecified atom stereocenters. The lowest BCUT2D eigenvalue weighted by atomic mass is 9.91. The zero-order valence-electron chi connectivity index (χ0n) is 9.52. The minimum Gasteiger partial charge on any atom is -0.394 e. The zero-order chi connectivity index (χ0) is 10.3. The molecule has 0 aromatic heterocycles. The van der Waals surface area contributed by atoms with E-state index in [1.165, 1.54) is 38.5 Å². The van der Waals surface area contributed by atoms with E-state index in [1.807, 2.05) is 0 Å². The van der Waals surface area contributed by atoms with Crippen LogP contribution in [0.3, 0.4) is 0 Å². The van der Waals surface area contributed by atoms with E-state index in [0.29, 0.717) is 6.61 Å². The van der Waals surface area contributed by atoms with Crippen LogP contribution in [-0.2, 0) is 0 Å². The van der Waals surface area contributed by atoms with Crippen LogP contribution in [0.5, 0.6) is 0 Å². The van der Waals surface area contributed by atoms with Crippen molar-refractivity contribution in [2.75, 3.05) is 13.2 Å². The van der Waals surface area contributed by atoms with Gasteiger partial charge in [0.2, 0.25) is 0 Å². The highest BCUT2D eigenvalue weighted by Gasteiger charge is 2.31. The third-order valence-electron chi connectivity index (χ3n) is 3.39. The molecule has 0 radical (unpaired) electrons. The Labute approximate surface area is 88.1 Å².